The van der Waals surface area contributed by atoms with Gasteiger partial charge in [0.2, 0.25) is 0 Å². The van der Waals surface area contributed by atoms with Gasteiger partial charge in [0.15, 0.2) is 0 Å². The third-order valence-corrected chi connectivity index (χ3v) is 14.5. The van der Waals surface area contributed by atoms with Gasteiger partial charge in [-0.1, -0.05) is 164 Å². The molecule has 0 aromatic heterocycles. The summed E-state index contributed by atoms with van der Waals surface area (Å²) in [4.78, 5) is 4.96. The molecule has 0 saturated heterocycles. The summed E-state index contributed by atoms with van der Waals surface area (Å²) >= 11 is 0. The molecule has 1 aliphatic carbocycles. The first-order chi connectivity index (χ1) is 32.6. The Morgan fingerprint density at radius 3 is 1.29 bits per heavy atom. The van der Waals surface area contributed by atoms with Gasteiger partial charge in [-0.2, -0.15) is 0 Å². The summed E-state index contributed by atoms with van der Waals surface area (Å²) in [6.45, 7) is 4.66. The molecule has 308 valence electrons. The molecule has 0 spiro atoms. The minimum absolute atomic E-state index is 0.909. The Morgan fingerprint density at radius 1 is 0.303 bits per heavy atom. The lowest BCUT2D eigenvalue weighted by molar-refractivity contribution is 1.09. The SMILES string of the molecule is C=C1c2ccccc2-c2ccc(-c3c4ccc(N5c6ccccc6Cc6ccccc65)cc4c(-c4ccc5ccccc5c4)c4cc(N5c6ccccc6Cc6ccccc65)ccc34)cc21. The fourth-order valence-corrected chi connectivity index (χ4v) is 11.5. The quantitative estimate of drug-likeness (QED) is 0.163. The molecule has 66 heavy (non-hydrogen) atoms. The number of anilines is 6. The highest BCUT2D eigenvalue weighted by Crippen LogP contribution is 2.53. The molecule has 3 aliphatic rings. The lowest BCUT2D eigenvalue weighted by Crippen LogP contribution is -2.18. The van der Waals surface area contributed by atoms with Gasteiger partial charge in [-0.05, 0) is 165 Å². The maximum Gasteiger partial charge on any atom is 0.0497 e. The van der Waals surface area contributed by atoms with Crippen molar-refractivity contribution in [2.24, 2.45) is 0 Å². The summed E-state index contributed by atoms with van der Waals surface area (Å²) in [7, 11) is 0. The Bertz CT molecular complexity index is 3620. The van der Waals surface area contributed by atoms with Crippen molar-refractivity contribution in [3.05, 3.63) is 258 Å². The van der Waals surface area contributed by atoms with Crippen molar-refractivity contribution in [3.8, 4) is 33.4 Å². The average Bonchev–Trinajstić information content (AvgIpc) is 3.66. The molecular weight excluding hydrogens is 797 g/mol. The predicted molar refractivity (Wildman–Crippen MR) is 278 cm³/mol. The van der Waals surface area contributed by atoms with E-state index in [1.165, 1.54) is 122 Å². The monoisotopic (exact) mass is 838 g/mol. The molecule has 0 bridgehead atoms. The van der Waals surface area contributed by atoms with E-state index >= 15 is 0 Å². The first-order valence-electron chi connectivity index (χ1n) is 23.0. The van der Waals surface area contributed by atoms with E-state index in [1.54, 1.807) is 0 Å². The number of hydrogen-bond donors (Lipinski definition) is 0. The summed E-state index contributed by atoms with van der Waals surface area (Å²) in [6.07, 6.45) is 1.82. The van der Waals surface area contributed by atoms with Gasteiger partial charge in [-0.3, -0.25) is 0 Å². The summed E-state index contributed by atoms with van der Waals surface area (Å²) in [5.41, 5.74) is 23.3. The number of fused-ring (bicyclic) bond motifs is 10. The van der Waals surface area contributed by atoms with Crippen molar-refractivity contribution < 1.29 is 0 Å². The largest absolute Gasteiger partial charge is 0.310 e. The maximum atomic E-state index is 4.66. The second-order valence-electron chi connectivity index (χ2n) is 18.1. The minimum atomic E-state index is 0.909. The van der Waals surface area contributed by atoms with Crippen molar-refractivity contribution in [1.29, 1.82) is 0 Å². The highest BCUT2D eigenvalue weighted by Gasteiger charge is 2.29. The Hall–Kier alpha value is -8.46. The molecule has 0 fully saturated rings. The van der Waals surface area contributed by atoms with Gasteiger partial charge in [0, 0.05) is 47.0 Å². The van der Waals surface area contributed by atoms with E-state index in [0.29, 0.717) is 0 Å². The van der Waals surface area contributed by atoms with Gasteiger partial charge in [0.05, 0.1) is 0 Å². The van der Waals surface area contributed by atoms with Crippen LogP contribution in [-0.4, -0.2) is 0 Å². The summed E-state index contributed by atoms with van der Waals surface area (Å²) in [5, 5.41) is 7.32. The van der Waals surface area contributed by atoms with Crippen LogP contribution >= 0.6 is 0 Å². The van der Waals surface area contributed by atoms with Crippen LogP contribution in [0.3, 0.4) is 0 Å². The van der Waals surface area contributed by atoms with Crippen LogP contribution in [0.2, 0.25) is 0 Å². The van der Waals surface area contributed by atoms with E-state index in [-0.39, 0.29) is 0 Å². The molecule has 0 amide bonds. The fourth-order valence-electron chi connectivity index (χ4n) is 11.5. The Balaban J connectivity index is 1.10. The summed E-state index contributed by atoms with van der Waals surface area (Å²) in [5.74, 6) is 0. The molecule has 11 aromatic rings. The second kappa shape index (κ2) is 14.3. The third kappa shape index (κ3) is 5.49. The molecule has 11 aromatic carbocycles. The molecule has 0 atom stereocenters. The van der Waals surface area contributed by atoms with Crippen molar-refractivity contribution in [2.75, 3.05) is 9.80 Å². The third-order valence-electron chi connectivity index (χ3n) is 14.5. The fraction of sp³-hybridized carbons (Fsp3) is 0.0312. The lowest BCUT2D eigenvalue weighted by Gasteiger charge is -2.34. The Kier molecular flexibility index (Phi) is 7.99. The number of hydrogen-bond acceptors (Lipinski definition) is 2. The van der Waals surface area contributed by atoms with Crippen molar-refractivity contribution in [1.82, 2.24) is 0 Å². The van der Waals surface area contributed by atoms with E-state index in [2.05, 4.69) is 235 Å². The normalized spacial score (nSPS) is 13.3. The van der Waals surface area contributed by atoms with Gasteiger partial charge < -0.3 is 9.80 Å². The van der Waals surface area contributed by atoms with E-state index in [0.717, 1.165) is 29.8 Å². The smallest absolute Gasteiger partial charge is 0.0497 e. The number of rotatable bonds is 4. The van der Waals surface area contributed by atoms with Crippen LogP contribution in [0, 0.1) is 0 Å². The van der Waals surface area contributed by atoms with Gasteiger partial charge in [-0.25, -0.2) is 0 Å². The van der Waals surface area contributed by atoms with Crippen LogP contribution in [0.25, 0.3) is 71.3 Å². The molecular formula is C64H42N2. The first-order valence-corrected chi connectivity index (χ1v) is 23.0. The molecule has 2 heteroatoms. The zero-order valence-electron chi connectivity index (χ0n) is 36.3. The molecule has 2 aliphatic heterocycles. The Labute approximate surface area is 384 Å². The number of para-hydroxylation sites is 4. The number of nitrogens with zero attached hydrogens (tertiary/aromatic N) is 2. The molecule has 14 rings (SSSR count). The highest BCUT2D eigenvalue weighted by atomic mass is 15.2. The van der Waals surface area contributed by atoms with Crippen LogP contribution in [-0.2, 0) is 12.8 Å². The second-order valence-corrected chi connectivity index (χ2v) is 18.1. The molecule has 2 nitrogen and oxygen atoms in total. The van der Waals surface area contributed by atoms with Crippen LogP contribution in [0.4, 0.5) is 34.1 Å². The van der Waals surface area contributed by atoms with Gasteiger partial charge in [-0.15, -0.1) is 0 Å². The van der Waals surface area contributed by atoms with Gasteiger partial charge in [0.1, 0.15) is 0 Å². The number of benzene rings is 11. The maximum absolute atomic E-state index is 4.66. The highest BCUT2D eigenvalue weighted by molar-refractivity contribution is 6.23. The molecule has 0 N–H and O–H groups in total. The summed E-state index contributed by atoms with van der Waals surface area (Å²) < 4.78 is 0. The molecule has 0 saturated carbocycles. The van der Waals surface area contributed by atoms with E-state index < -0.39 is 0 Å². The topological polar surface area (TPSA) is 6.48 Å². The zero-order chi connectivity index (χ0) is 43.5. The van der Waals surface area contributed by atoms with E-state index in [4.69, 9.17) is 0 Å². The van der Waals surface area contributed by atoms with Crippen molar-refractivity contribution >= 4 is 72.0 Å². The van der Waals surface area contributed by atoms with Gasteiger partial charge >= 0.3 is 0 Å². The standard InChI is InChI=1S/C64H42N2/c1-40-51-20-8-9-21-52(51)53-31-28-48(37-56(40)53)63-54-32-29-49(65-59-22-10-4-16-43(59)35-44-17-5-11-23-60(44)65)38-57(54)64(47-27-26-41-14-2-3-15-42(41)34-47)58-39-50(30-33-55(58)63)66-61-24-12-6-18-45(61)36-46-19-7-13-25-62(46)66/h2-34,37-39H,1,35-36H2. The Morgan fingerprint density at radius 2 is 0.727 bits per heavy atom. The van der Waals surface area contributed by atoms with Gasteiger partial charge in [0.25, 0.3) is 0 Å². The van der Waals surface area contributed by atoms with Crippen molar-refractivity contribution in [2.45, 2.75) is 12.8 Å². The van der Waals surface area contributed by atoms with Crippen LogP contribution in [0.1, 0.15) is 33.4 Å². The molecule has 0 radical (unpaired) electrons. The van der Waals surface area contributed by atoms with Crippen LogP contribution < -0.4 is 9.80 Å². The molecule has 2 heterocycles. The van der Waals surface area contributed by atoms with E-state index in [1.807, 2.05) is 0 Å². The van der Waals surface area contributed by atoms with Crippen LogP contribution in [0.15, 0.2) is 225 Å². The summed E-state index contributed by atoms with van der Waals surface area (Å²) in [6, 6.07) is 81.6. The molecule has 0 unspecified atom stereocenters. The van der Waals surface area contributed by atoms with E-state index in [9.17, 15) is 0 Å². The zero-order valence-corrected chi connectivity index (χ0v) is 36.3. The predicted octanol–water partition coefficient (Wildman–Crippen LogP) is 17.3. The first kappa shape index (κ1) is 37.0. The lowest BCUT2D eigenvalue weighted by atomic mass is 9.84. The van der Waals surface area contributed by atoms with Crippen LogP contribution in [0.5, 0.6) is 0 Å². The average molecular weight is 839 g/mol. The minimum Gasteiger partial charge on any atom is -0.310 e. The van der Waals surface area contributed by atoms with Crippen molar-refractivity contribution in [3.63, 3.8) is 0 Å².